The molecule has 0 saturated heterocycles. The molecule has 1 aliphatic carbocycles. The SMILES string of the molecule is CC(=O)O[C@](O)(CC(=O)O[C@@H]1CC(C)CCC1C(C)C)C(=O)O. The predicted molar refractivity (Wildman–Crippen MR) is 80.2 cm³/mol. The molecule has 23 heavy (non-hydrogen) atoms. The van der Waals surface area contributed by atoms with E-state index >= 15 is 0 Å². The van der Waals surface area contributed by atoms with Gasteiger partial charge in [-0.15, -0.1) is 0 Å². The fraction of sp³-hybridized carbons (Fsp3) is 0.812. The zero-order valence-corrected chi connectivity index (χ0v) is 14.1. The van der Waals surface area contributed by atoms with E-state index in [0.717, 1.165) is 19.8 Å². The Balaban J connectivity index is 2.75. The van der Waals surface area contributed by atoms with Gasteiger partial charge in [0.15, 0.2) is 0 Å². The van der Waals surface area contributed by atoms with E-state index in [2.05, 4.69) is 11.7 Å². The molecule has 0 heterocycles. The molecular formula is C16H26O7. The summed E-state index contributed by atoms with van der Waals surface area (Å²) >= 11 is 0. The van der Waals surface area contributed by atoms with Crippen LogP contribution in [-0.2, 0) is 23.9 Å². The molecule has 2 unspecified atom stereocenters. The summed E-state index contributed by atoms with van der Waals surface area (Å²) in [5.74, 6) is -5.64. The molecule has 1 fully saturated rings. The van der Waals surface area contributed by atoms with Crippen molar-refractivity contribution in [3.8, 4) is 0 Å². The number of carbonyl (C=O) groups excluding carboxylic acids is 2. The molecule has 1 saturated carbocycles. The zero-order chi connectivity index (χ0) is 17.8. The van der Waals surface area contributed by atoms with E-state index in [1.165, 1.54) is 0 Å². The van der Waals surface area contributed by atoms with Gasteiger partial charge in [-0.2, -0.15) is 0 Å². The number of carbonyl (C=O) groups is 3. The van der Waals surface area contributed by atoms with Crippen LogP contribution in [0, 0.1) is 17.8 Å². The highest BCUT2D eigenvalue weighted by Gasteiger charge is 2.44. The van der Waals surface area contributed by atoms with E-state index in [1.54, 1.807) is 0 Å². The standard InChI is InChI=1S/C16H26O7/c1-9(2)12-6-5-10(3)7-13(12)22-14(18)8-16(21,15(19)20)23-11(4)17/h9-10,12-13,21H,5-8H2,1-4H3,(H,19,20)/t10?,12?,13-,16-/m1/s1. The van der Waals surface area contributed by atoms with Crippen molar-refractivity contribution in [2.24, 2.45) is 17.8 Å². The number of esters is 2. The normalized spacial score (nSPS) is 27.1. The van der Waals surface area contributed by atoms with Crippen LogP contribution in [0.15, 0.2) is 0 Å². The van der Waals surface area contributed by atoms with Crippen molar-refractivity contribution in [2.75, 3.05) is 0 Å². The summed E-state index contributed by atoms with van der Waals surface area (Å²) < 4.78 is 9.78. The van der Waals surface area contributed by atoms with Crippen LogP contribution in [0.4, 0.5) is 0 Å². The molecule has 7 nitrogen and oxygen atoms in total. The molecule has 7 heteroatoms. The molecule has 1 aliphatic rings. The van der Waals surface area contributed by atoms with E-state index in [-0.39, 0.29) is 12.0 Å². The molecule has 0 aromatic carbocycles. The molecule has 0 spiro atoms. The molecule has 0 amide bonds. The van der Waals surface area contributed by atoms with E-state index in [9.17, 15) is 19.5 Å². The van der Waals surface area contributed by atoms with Gasteiger partial charge in [-0.25, -0.2) is 4.79 Å². The first-order chi connectivity index (χ1) is 10.5. The average Bonchev–Trinajstić information content (AvgIpc) is 2.36. The number of hydrogen-bond donors (Lipinski definition) is 2. The summed E-state index contributed by atoms with van der Waals surface area (Å²) in [6, 6.07) is 0. The van der Waals surface area contributed by atoms with Crippen LogP contribution in [0.1, 0.15) is 53.4 Å². The van der Waals surface area contributed by atoms with Crippen LogP contribution in [-0.4, -0.2) is 40.0 Å². The summed E-state index contributed by atoms with van der Waals surface area (Å²) in [6.45, 7) is 7.13. The number of aliphatic hydroxyl groups is 1. The van der Waals surface area contributed by atoms with Crippen molar-refractivity contribution in [2.45, 2.75) is 65.3 Å². The Morgan fingerprint density at radius 2 is 1.87 bits per heavy atom. The lowest BCUT2D eigenvalue weighted by Gasteiger charge is -2.37. The topological polar surface area (TPSA) is 110 Å². The number of carboxylic acids is 1. The Bertz CT molecular complexity index is 459. The van der Waals surface area contributed by atoms with Crippen LogP contribution >= 0.6 is 0 Å². The first-order valence-corrected chi connectivity index (χ1v) is 7.90. The van der Waals surface area contributed by atoms with Crippen molar-refractivity contribution >= 4 is 17.9 Å². The van der Waals surface area contributed by atoms with Crippen molar-refractivity contribution in [3.05, 3.63) is 0 Å². The number of aliphatic carboxylic acids is 1. The van der Waals surface area contributed by atoms with Gasteiger partial charge in [0.25, 0.3) is 0 Å². The average molecular weight is 330 g/mol. The predicted octanol–water partition coefficient (Wildman–Crippen LogP) is 1.72. The largest absolute Gasteiger partial charge is 0.476 e. The fourth-order valence-electron chi connectivity index (χ4n) is 3.05. The molecule has 4 atom stereocenters. The smallest absolute Gasteiger partial charge is 0.377 e. The number of carboxylic acid groups (broad SMARTS) is 1. The minimum atomic E-state index is -2.89. The summed E-state index contributed by atoms with van der Waals surface area (Å²) in [5, 5.41) is 18.8. The minimum absolute atomic E-state index is 0.196. The maximum atomic E-state index is 12.1. The van der Waals surface area contributed by atoms with Crippen molar-refractivity contribution < 1.29 is 34.1 Å². The second-order valence-corrected chi connectivity index (χ2v) is 6.71. The summed E-state index contributed by atoms with van der Waals surface area (Å²) in [6.07, 6.45) is 1.44. The minimum Gasteiger partial charge on any atom is -0.476 e. The van der Waals surface area contributed by atoms with Crippen LogP contribution < -0.4 is 0 Å². The van der Waals surface area contributed by atoms with Crippen LogP contribution in [0.5, 0.6) is 0 Å². The van der Waals surface area contributed by atoms with E-state index < -0.39 is 30.1 Å². The van der Waals surface area contributed by atoms with Gasteiger partial charge in [0.05, 0.1) is 0 Å². The van der Waals surface area contributed by atoms with E-state index in [1.807, 2.05) is 13.8 Å². The van der Waals surface area contributed by atoms with Gasteiger partial charge in [-0.3, -0.25) is 9.59 Å². The lowest BCUT2D eigenvalue weighted by molar-refractivity contribution is -0.227. The van der Waals surface area contributed by atoms with Crippen molar-refractivity contribution in [3.63, 3.8) is 0 Å². The molecule has 0 aromatic heterocycles. The molecule has 0 aliphatic heterocycles. The van der Waals surface area contributed by atoms with Crippen molar-refractivity contribution in [1.82, 2.24) is 0 Å². The highest BCUT2D eigenvalue weighted by Crippen LogP contribution is 2.35. The van der Waals surface area contributed by atoms with Gasteiger partial charge >= 0.3 is 23.7 Å². The highest BCUT2D eigenvalue weighted by atomic mass is 16.7. The second-order valence-electron chi connectivity index (χ2n) is 6.71. The highest BCUT2D eigenvalue weighted by molar-refractivity contribution is 5.85. The van der Waals surface area contributed by atoms with Crippen LogP contribution in [0.3, 0.4) is 0 Å². The van der Waals surface area contributed by atoms with Gasteiger partial charge in [0.2, 0.25) is 0 Å². The number of hydrogen-bond acceptors (Lipinski definition) is 6. The summed E-state index contributed by atoms with van der Waals surface area (Å²) in [4.78, 5) is 34.0. The summed E-state index contributed by atoms with van der Waals surface area (Å²) in [5.41, 5.74) is 0. The Hall–Kier alpha value is -1.63. The lowest BCUT2D eigenvalue weighted by atomic mass is 9.75. The Kier molecular flexibility index (Phi) is 6.56. The third-order valence-corrected chi connectivity index (χ3v) is 4.27. The van der Waals surface area contributed by atoms with Gasteiger partial charge in [0.1, 0.15) is 12.5 Å². The van der Waals surface area contributed by atoms with E-state index in [4.69, 9.17) is 9.84 Å². The second kappa shape index (κ2) is 7.77. The van der Waals surface area contributed by atoms with Gasteiger partial charge in [-0.1, -0.05) is 27.2 Å². The maximum Gasteiger partial charge on any atom is 0.377 e. The van der Waals surface area contributed by atoms with Gasteiger partial charge in [-0.05, 0) is 30.6 Å². The third kappa shape index (κ3) is 5.49. The summed E-state index contributed by atoms with van der Waals surface area (Å²) in [7, 11) is 0. The number of ether oxygens (including phenoxy) is 2. The molecule has 0 bridgehead atoms. The molecule has 1 rings (SSSR count). The first kappa shape index (κ1) is 19.4. The molecule has 132 valence electrons. The Labute approximate surface area is 136 Å². The van der Waals surface area contributed by atoms with Crippen LogP contribution in [0.25, 0.3) is 0 Å². The lowest BCUT2D eigenvalue weighted by Crippen LogP contribution is -2.46. The molecule has 0 aromatic rings. The quantitative estimate of drug-likeness (QED) is 0.563. The first-order valence-electron chi connectivity index (χ1n) is 7.90. The molecule has 0 radical (unpaired) electrons. The zero-order valence-electron chi connectivity index (χ0n) is 14.1. The van der Waals surface area contributed by atoms with Gasteiger partial charge in [0, 0.05) is 6.92 Å². The molecular weight excluding hydrogens is 304 g/mol. The van der Waals surface area contributed by atoms with Gasteiger partial charge < -0.3 is 19.7 Å². The van der Waals surface area contributed by atoms with E-state index in [0.29, 0.717) is 18.3 Å². The fourth-order valence-corrected chi connectivity index (χ4v) is 3.05. The third-order valence-electron chi connectivity index (χ3n) is 4.27. The van der Waals surface area contributed by atoms with Crippen LogP contribution in [0.2, 0.25) is 0 Å². The Morgan fingerprint density at radius 1 is 1.26 bits per heavy atom. The molecule has 2 N–H and O–H groups in total. The maximum absolute atomic E-state index is 12.1. The Morgan fingerprint density at radius 3 is 2.35 bits per heavy atom. The van der Waals surface area contributed by atoms with Crippen molar-refractivity contribution in [1.29, 1.82) is 0 Å². The monoisotopic (exact) mass is 330 g/mol. The number of rotatable bonds is 6.